The highest BCUT2D eigenvalue weighted by Gasteiger charge is 2.35. The van der Waals surface area contributed by atoms with Crippen molar-refractivity contribution < 1.29 is 14.7 Å². The Morgan fingerprint density at radius 2 is 1.67 bits per heavy atom. The molecule has 0 spiro atoms. The maximum atomic E-state index is 12.8. The molecule has 4 nitrogen and oxygen atoms in total. The van der Waals surface area contributed by atoms with Crippen molar-refractivity contribution in [2.75, 3.05) is 0 Å². The van der Waals surface area contributed by atoms with E-state index in [-0.39, 0.29) is 23.4 Å². The van der Waals surface area contributed by atoms with Gasteiger partial charge in [0, 0.05) is 10.0 Å². The first kappa shape index (κ1) is 20.4. The van der Waals surface area contributed by atoms with Crippen LogP contribution in [-0.4, -0.2) is 21.2 Å². The predicted octanol–water partition coefficient (Wildman–Crippen LogP) is 5.98. The zero-order valence-corrected chi connectivity index (χ0v) is 18.3. The molecule has 1 aliphatic heterocycles. The Morgan fingerprint density at radius 3 is 2.43 bits per heavy atom. The average Bonchev–Trinajstić information content (AvgIpc) is 3.00. The number of halogens is 1. The zero-order valence-electron chi connectivity index (χ0n) is 15.9. The Balaban J connectivity index is 1.57. The molecule has 1 N–H and O–H groups in total. The molecule has 0 atom stereocenters. The van der Waals surface area contributed by atoms with Gasteiger partial charge in [-0.1, -0.05) is 70.5 Å². The van der Waals surface area contributed by atoms with Crippen molar-refractivity contribution in [3.63, 3.8) is 0 Å². The largest absolute Gasteiger partial charge is 0.507 e. The van der Waals surface area contributed by atoms with E-state index in [2.05, 4.69) is 15.9 Å². The molecule has 30 heavy (non-hydrogen) atoms. The molecule has 1 saturated heterocycles. The Labute approximate surface area is 187 Å². The van der Waals surface area contributed by atoms with Gasteiger partial charge in [0.2, 0.25) is 0 Å². The predicted molar refractivity (Wildman–Crippen MR) is 123 cm³/mol. The van der Waals surface area contributed by atoms with Crippen molar-refractivity contribution in [3.8, 4) is 5.75 Å². The third kappa shape index (κ3) is 4.50. The van der Waals surface area contributed by atoms with E-state index in [9.17, 15) is 14.7 Å². The fourth-order valence-corrected chi connectivity index (χ4v) is 4.47. The summed E-state index contributed by atoms with van der Waals surface area (Å²) in [5.41, 5.74) is 3.55. The van der Waals surface area contributed by atoms with Crippen molar-refractivity contribution in [3.05, 3.63) is 104 Å². The van der Waals surface area contributed by atoms with Crippen LogP contribution >= 0.6 is 27.7 Å². The highest BCUT2D eigenvalue weighted by Crippen LogP contribution is 2.35. The van der Waals surface area contributed by atoms with Crippen LogP contribution in [0.2, 0.25) is 0 Å². The van der Waals surface area contributed by atoms with Crippen LogP contribution in [0.5, 0.6) is 5.75 Å². The zero-order chi connectivity index (χ0) is 21.1. The van der Waals surface area contributed by atoms with Gasteiger partial charge in [0.25, 0.3) is 11.1 Å². The molecule has 4 rings (SSSR count). The van der Waals surface area contributed by atoms with Crippen LogP contribution in [0.4, 0.5) is 4.79 Å². The number of carbonyl (C=O) groups is 2. The number of phenols is 1. The quantitative estimate of drug-likeness (QED) is 0.457. The molecule has 2 amide bonds. The smallest absolute Gasteiger partial charge is 0.293 e. The van der Waals surface area contributed by atoms with Gasteiger partial charge >= 0.3 is 0 Å². The number of aromatic hydroxyl groups is 1. The monoisotopic (exact) mass is 479 g/mol. The summed E-state index contributed by atoms with van der Waals surface area (Å²) in [4.78, 5) is 26.8. The number of imide groups is 1. The molecule has 0 radical (unpaired) electrons. The Hall–Kier alpha value is -2.83. The summed E-state index contributed by atoms with van der Waals surface area (Å²) in [7, 11) is 0. The lowest BCUT2D eigenvalue weighted by atomic mass is 10.0. The highest BCUT2D eigenvalue weighted by molar-refractivity contribution is 9.10. The van der Waals surface area contributed by atoms with E-state index >= 15 is 0 Å². The molecule has 1 fully saturated rings. The standard InChI is InChI=1S/C24H18BrNO3S/c25-20-9-5-4-8-18(20)15-26-23(28)22(30-24(26)29)14-19-13-17(10-11-21(19)27)12-16-6-2-1-3-7-16/h1-11,13-14,27H,12,15H2/b22-14-. The number of carbonyl (C=O) groups excluding carboxylic acids is 2. The Morgan fingerprint density at radius 1 is 0.933 bits per heavy atom. The first-order valence-electron chi connectivity index (χ1n) is 9.36. The van der Waals surface area contributed by atoms with Gasteiger partial charge in [-0.15, -0.1) is 0 Å². The lowest BCUT2D eigenvalue weighted by Crippen LogP contribution is -2.27. The molecule has 0 aromatic heterocycles. The van der Waals surface area contributed by atoms with Crippen LogP contribution in [0.1, 0.15) is 22.3 Å². The van der Waals surface area contributed by atoms with E-state index in [4.69, 9.17) is 0 Å². The van der Waals surface area contributed by atoms with E-state index in [1.807, 2.05) is 66.7 Å². The van der Waals surface area contributed by atoms with E-state index in [0.717, 1.165) is 32.9 Å². The summed E-state index contributed by atoms with van der Waals surface area (Å²) >= 11 is 4.35. The molecule has 150 valence electrons. The summed E-state index contributed by atoms with van der Waals surface area (Å²) in [6, 6.07) is 22.8. The number of hydrogen-bond donors (Lipinski definition) is 1. The second kappa shape index (κ2) is 8.90. The van der Waals surface area contributed by atoms with Gasteiger partial charge in [0.15, 0.2) is 0 Å². The number of rotatable bonds is 5. The van der Waals surface area contributed by atoms with Gasteiger partial charge in [-0.2, -0.15) is 0 Å². The van der Waals surface area contributed by atoms with Crippen molar-refractivity contribution in [1.29, 1.82) is 0 Å². The molecule has 6 heteroatoms. The van der Waals surface area contributed by atoms with Crippen molar-refractivity contribution >= 4 is 44.9 Å². The summed E-state index contributed by atoms with van der Waals surface area (Å²) in [6.07, 6.45) is 2.31. The maximum Gasteiger partial charge on any atom is 0.293 e. The van der Waals surface area contributed by atoms with Crippen LogP contribution in [0.15, 0.2) is 82.2 Å². The molecule has 0 aliphatic carbocycles. The third-order valence-corrected chi connectivity index (χ3v) is 6.47. The van der Waals surface area contributed by atoms with E-state index in [0.29, 0.717) is 16.9 Å². The molecule has 1 heterocycles. The summed E-state index contributed by atoms with van der Waals surface area (Å²) in [5, 5.41) is 9.96. The first-order chi connectivity index (χ1) is 14.5. The average molecular weight is 480 g/mol. The van der Waals surface area contributed by atoms with Gasteiger partial charge in [-0.25, -0.2) is 0 Å². The fourth-order valence-electron chi connectivity index (χ4n) is 3.24. The number of thioether (sulfide) groups is 1. The molecular weight excluding hydrogens is 462 g/mol. The fraction of sp³-hybridized carbons (Fsp3) is 0.0833. The lowest BCUT2D eigenvalue weighted by molar-refractivity contribution is -0.123. The van der Waals surface area contributed by atoms with Crippen molar-refractivity contribution in [2.45, 2.75) is 13.0 Å². The van der Waals surface area contributed by atoms with E-state index < -0.39 is 0 Å². The topological polar surface area (TPSA) is 57.6 Å². The molecule has 1 aliphatic rings. The number of amides is 2. The highest BCUT2D eigenvalue weighted by atomic mass is 79.9. The van der Waals surface area contributed by atoms with E-state index in [1.165, 1.54) is 4.90 Å². The van der Waals surface area contributed by atoms with Crippen molar-refractivity contribution in [1.82, 2.24) is 4.90 Å². The molecule has 3 aromatic rings. The number of phenolic OH excluding ortho intramolecular Hbond substituents is 1. The van der Waals surface area contributed by atoms with Crippen LogP contribution in [0.25, 0.3) is 6.08 Å². The number of benzene rings is 3. The van der Waals surface area contributed by atoms with Gasteiger partial charge in [0.1, 0.15) is 5.75 Å². The van der Waals surface area contributed by atoms with Gasteiger partial charge in [-0.05, 0) is 59.1 Å². The third-order valence-electron chi connectivity index (χ3n) is 4.79. The van der Waals surface area contributed by atoms with Gasteiger partial charge in [0.05, 0.1) is 11.4 Å². The Bertz CT molecular complexity index is 1140. The second-order valence-electron chi connectivity index (χ2n) is 6.91. The van der Waals surface area contributed by atoms with Crippen LogP contribution in [0.3, 0.4) is 0 Å². The summed E-state index contributed by atoms with van der Waals surface area (Å²) < 4.78 is 0.847. The Kier molecular flexibility index (Phi) is 6.06. The van der Waals surface area contributed by atoms with Crippen LogP contribution in [0, 0.1) is 0 Å². The summed E-state index contributed by atoms with van der Waals surface area (Å²) in [6.45, 7) is 0.198. The molecule has 0 saturated carbocycles. The molecule has 0 bridgehead atoms. The molecule has 0 unspecified atom stereocenters. The van der Waals surface area contributed by atoms with Gasteiger partial charge < -0.3 is 5.11 Å². The molecular formula is C24H18BrNO3S. The number of hydrogen-bond acceptors (Lipinski definition) is 4. The minimum absolute atomic E-state index is 0.0735. The van der Waals surface area contributed by atoms with Crippen LogP contribution in [-0.2, 0) is 17.8 Å². The normalized spacial score (nSPS) is 15.2. The maximum absolute atomic E-state index is 12.8. The first-order valence-corrected chi connectivity index (χ1v) is 11.0. The minimum Gasteiger partial charge on any atom is -0.507 e. The second-order valence-corrected chi connectivity index (χ2v) is 8.76. The summed E-state index contributed by atoms with van der Waals surface area (Å²) in [5.74, 6) is -0.280. The van der Waals surface area contributed by atoms with Gasteiger partial charge in [-0.3, -0.25) is 14.5 Å². The lowest BCUT2D eigenvalue weighted by Gasteiger charge is -2.13. The molecule has 3 aromatic carbocycles. The van der Waals surface area contributed by atoms with Crippen LogP contribution < -0.4 is 0 Å². The minimum atomic E-state index is -0.353. The van der Waals surface area contributed by atoms with E-state index in [1.54, 1.807) is 12.1 Å². The van der Waals surface area contributed by atoms with Crippen molar-refractivity contribution in [2.24, 2.45) is 0 Å². The SMILES string of the molecule is O=C1S/C(=C\c2cc(Cc3ccccc3)ccc2O)C(=O)N1Cc1ccccc1Br. The number of nitrogens with zero attached hydrogens (tertiary/aromatic N) is 1.